The van der Waals surface area contributed by atoms with Crippen LogP contribution in [-0.2, 0) is 9.59 Å². The molecule has 18 heavy (non-hydrogen) atoms. The molecule has 0 bridgehead atoms. The molecule has 1 saturated heterocycles. The summed E-state index contributed by atoms with van der Waals surface area (Å²) >= 11 is 0. The van der Waals surface area contributed by atoms with Crippen molar-refractivity contribution in [2.24, 2.45) is 0 Å². The molecule has 5 heteroatoms. The van der Waals surface area contributed by atoms with Crippen molar-refractivity contribution in [3.05, 3.63) is 18.2 Å². The number of hydrogen-bond donors (Lipinski definition) is 1. The van der Waals surface area contributed by atoms with Gasteiger partial charge in [-0.2, -0.15) is 0 Å². The van der Waals surface area contributed by atoms with E-state index in [-0.39, 0.29) is 11.8 Å². The Balaban J connectivity index is 2.35. The van der Waals surface area contributed by atoms with E-state index in [0.717, 1.165) is 6.42 Å². The van der Waals surface area contributed by atoms with E-state index in [4.69, 9.17) is 4.74 Å². The van der Waals surface area contributed by atoms with Gasteiger partial charge in [0.1, 0.15) is 5.75 Å². The van der Waals surface area contributed by atoms with E-state index in [1.54, 1.807) is 30.2 Å². The number of nitrogens with zero attached hydrogens (tertiary/aromatic N) is 1. The van der Waals surface area contributed by atoms with E-state index >= 15 is 0 Å². The third-order valence-electron chi connectivity index (χ3n) is 2.86. The monoisotopic (exact) mass is 248 g/mol. The van der Waals surface area contributed by atoms with Crippen LogP contribution in [0.3, 0.4) is 0 Å². The van der Waals surface area contributed by atoms with E-state index in [0.29, 0.717) is 30.1 Å². The zero-order chi connectivity index (χ0) is 13.1. The molecule has 1 N–H and O–H groups in total. The summed E-state index contributed by atoms with van der Waals surface area (Å²) < 4.78 is 5.26. The molecule has 1 aliphatic rings. The summed E-state index contributed by atoms with van der Waals surface area (Å²) in [4.78, 5) is 24.5. The highest BCUT2D eigenvalue weighted by molar-refractivity contribution is 5.98. The lowest BCUT2D eigenvalue weighted by Crippen LogP contribution is -2.24. The van der Waals surface area contributed by atoms with Crippen molar-refractivity contribution in [1.29, 1.82) is 0 Å². The maximum Gasteiger partial charge on any atom is 0.227 e. The van der Waals surface area contributed by atoms with Gasteiger partial charge >= 0.3 is 0 Å². The fourth-order valence-corrected chi connectivity index (χ4v) is 2.08. The molecule has 1 fully saturated rings. The first kappa shape index (κ1) is 12.4. The van der Waals surface area contributed by atoms with Gasteiger partial charge in [-0.1, -0.05) is 0 Å². The number of carbonyl (C=O) groups is 2. The van der Waals surface area contributed by atoms with E-state index < -0.39 is 0 Å². The molecule has 0 aromatic heterocycles. The molecule has 2 rings (SSSR count). The predicted octanol–water partition coefficient (Wildman–Crippen LogP) is 1.78. The zero-order valence-corrected chi connectivity index (χ0v) is 10.5. The van der Waals surface area contributed by atoms with Gasteiger partial charge < -0.3 is 15.0 Å². The Morgan fingerprint density at radius 1 is 1.44 bits per heavy atom. The molecular formula is C13H16N2O3. The molecule has 0 saturated carbocycles. The van der Waals surface area contributed by atoms with Crippen LogP contribution in [0.25, 0.3) is 0 Å². The summed E-state index contributed by atoms with van der Waals surface area (Å²) in [5.41, 5.74) is 1.38. The lowest BCUT2D eigenvalue weighted by molar-refractivity contribution is -0.117. The molecule has 0 unspecified atom stereocenters. The van der Waals surface area contributed by atoms with Gasteiger partial charge in [0.25, 0.3) is 0 Å². The van der Waals surface area contributed by atoms with Crippen molar-refractivity contribution in [2.75, 3.05) is 23.9 Å². The molecule has 0 spiro atoms. The fourth-order valence-electron chi connectivity index (χ4n) is 2.08. The Morgan fingerprint density at radius 2 is 2.22 bits per heavy atom. The van der Waals surface area contributed by atoms with E-state index in [2.05, 4.69) is 5.32 Å². The molecule has 0 radical (unpaired) electrons. The van der Waals surface area contributed by atoms with E-state index in [1.165, 1.54) is 6.92 Å². The van der Waals surface area contributed by atoms with Crippen LogP contribution in [-0.4, -0.2) is 25.5 Å². The SMILES string of the molecule is COc1ccc(NC(C)=O)cc1N1CCCC1=O. The third kappa shape index (κ3) is 2.45. The highest BCUT2D eigenvalue weighted by Crippen LogP contribution is 2.33. The summed E-state index contributed by atoms with van der Waals surface area (Å²) in [5, 5.41) is 2.70. The van der Waals surface area contributed by atoms with Crippen molar-refractivity contribution < 1.29 is 14.3 Å². The van der Waals surface area contributed by atoms with Crippen LogP contribution in [0.15, 0.2) is 18.2 Å². The molecule has 0 aliphatic carbocycles. The largest absolute Gasteiger partial charge is 0.495 e. The van der Waals surface area contributed by atoms with Crippen molar-refractivity contribution in [3.63, 3.8) is 0 Å². The van der Waals surface area contributed by atoms with Crippen LogP contribution in [0.2, 0.25) is 0 Å². The Hall–Kier alpha value is -2.04. The summed E-state index contributed by atoms with van der Waals surface area (Å²) in [6.45, 7) is 2.14. The van der Waals surface area contributed by atoms with Crippen molar-refractivity contribution >= 4 is 23.2 Å². The number of nitrogens with one attached hydrogen (secondary N) is 1. The highest BCUT2D eigenvalue weighted by atomic mass is 16.5. The normalized spacial score (nSPS) is 14.8. The number of carbonyl (C=O) groups excluding carboxylic acids is 2. The van der Waals surface area contributed by atoms with E-state index in [9.17, 15) is 9.59 Å². The van der Waals surface area contributed by atoms with Gasteiger partial charge in [-0.3, -0.25) is 9.59 Å². The lowest BCUT2D eigenvalue weighted by Gasteiger charge is -2.19. The standard InChI is InChI=1S/C13H16N2O3/c1-9(16)14-10-5-6-12(18-2)11(8-10)15-7-3-4-13(15)17/h5-6,8H,3-4,7H2,1-2H3,(H,14,16). The molecule has 0 atom stereocenters. The Morgan fingerprint density at radius 3 is 2.78 bits per heavy atom. The van der Waals surface area contributed by atoms with Gasteiger partial charge in [-0.25, -0.2) is 0 Å². The number of anilines is 2. The van der Waals surface area contributed by atoms with Gasteiger partial charge in [0.05, 0.1) is 12.8 Å². The zero-order valence-electron chi connectivity index (χ0n) is 10.5. The second-order valence-electron chi connectivity index (χ2n) is 4.22. The first-order valence-electron chi connectivity index (χ1n) is 5.88. The third-order valence-corrected chi connectivity index (χ3v) is 2.86. The molecule has 96 valence electrons. The van der Waals surface area contributed by atoms with Gasteiger partial charge in [-0.05, 0) is 24.6 Å². The predicted molar refractivity (Wildman–Crippen MR) is 68.9 cm³/mol. The Labute approximate surface area is 106 Å². The molecule has 5 nitrogen and oxygen atoms in total. The summed E-state index contributed by atoms with van der Waals surface area (Å²) in [6, 6.07) is 5.28. The maximum absolute atomic E-state index is 11.8. The fraction of sp³-hybridized carbons (Fsp3) is 0.385. The van der Waals surface area contributed by atoms with Crippen molar-refractivity contribution in [2.45, 2.75) is 19.8 Å². The van der Waals surface area contributed by atoms with Crippen molar-refractivity contribution in [3.8, 4) is 5.75 Å². The first-order valence-corrected chi connectivity index (χ1v) is 5.88. The minimum atomic E-state index is -0.140. The van der Waals surface area contributed by atoms with Crippen LogP contribution < -0.4 is 15.0 Å². The van der Waals surface area contributed by atoms with E-state index in [1.807, 2.05) is 0 Å². The average molecular weight is 248 g/mol. The molecule has 1 aromatic rings. The van der Waals surface area contributed by atoms with Crippen molar-refractivity contribution in [1.82, 2.24) is 0 Å². The number of hydrogen-bond acceptors (Lipinski definition) is 3. The average Bonchev–Trinajstić information content (AvgIpc) is 2.74. The molecular weight excluding hydrogens is 232 g/mol. The molecule has 1 aromatic carbocycles. The van der Waals surface area contributed by atoms with Crippen LogP contribution in [0.4, 0.5) is 11.4 Å². The maximum atomic E-state index is 11.8. The number of ether oxygens (including phenoxy) is 1. The topological polar surface area (TPSA) is 58.6 Å². The summed E-state index contributed by atoms with van der Waals surface area (Å²) in [6.07, 6.45) is 1.42. The minimum Gasteiger partial charge on any atom is -0.495 e. The Kier molecular flexibility index (Phi) is 3.50. The van der Waals surface area contributed by atoms with Gasteiger partial charge in [0.15, 0.2) is 0 Å². The second-order valence-corrected chi connectivity index (χ2v) is 4.22. The number of rotatable bonds is 3. The lowest BCUT2D eigenvalue weighted by atomic mass is 10.2. The van der Waals surface area contributed by atoms with Crippen LogP contribution in [0, 0.1) is 0 Å². The highest BCUT2D eigenvalue weighted by Gasteiger charge is 2.24. The first-order chi connectivity index (χ1) is 8.61. The van der Waals surface area contributed by atoms with Gasteiger partial charge in [-0.15, -0.1) is 0 Å². The van der Waals surface area contributed by atoms with Crippen LogP contribution in [0.5, 0.6) is 5.75 Å². The second kappa shape index (κ2) is 5.08. The molecule has 2 amide bonds. The Bertz CT molecular complexity index is 485. The minimum absolute atomic E-state index is 0.0910. The number of methoxy groups -OCH3 is 1. The van der Waals surface area contributed by atoms with Crippen LogP contribution >= 0.6 is 0 Å². The molecule has 1 heterocycles. The smallest absolute Gasteiger partial charge is 0.227 e. The molecule has 1 aliphatic heterocycles. The number of amides is 2. The van der Waals surface area contributed by atoms with Crippen LogP contribution in [0.1, 0.15) is 19.8 Å². The van der Waals surface area contributed by atoms with Gasteiger partial charge in [0, 0.05) is 25.6 Å². The van der Waals surface area contributed by atoms with Gasteiger partial charge in [0.2, 0.25) is 11.8 Å². The quantitative estimate of drug-likeness (QED) is 0.887. The summed E-state index contributed by atoms with van der Waals surface area (Å²) in [7, 11) is 1.57. The number of benzene rings is 1. The summed E-state index contributed by atoms with van der Waals surface area (Å²) in [5.74, 6) is 0.589.